The van der Waals surface area contributed by atoms with Crippen LogP contribution in [0.25, 0.3) is 22.6 Å². The second-order valence-corrected chi connectivity index (χ2v) is 6.00. The molecular formula is C17H8F6N5O. The predicted octanol–water partition coefficient (Wildman–Crippen LogP) is 4.32. The zero-order valence-corrected chi connectivity index (χ0v) is 14.1. The van der Waals surface area contributed by atoms with Crippen LogP contribution in [0.5, 0.6) is 0 Å². The summed E-state index contributed by atoms with van der Waals surface area (Å²) in [6.07, 6.45) is -4.55. The van der Waals surface area contributed by atoms with Crippen LogP contribution in [0.4, 0.5) is 26.3 Å². The molecule has 0 spiro atoms. The van der Waals surface area contributed by atoms with Gasteiger partial charge < -0.3 is 4.52 Å². The number of rotatable bonds is 3. The van der Waals surface area contributed by atoms with Gasteiger partial charge in [-0.25, -0.2) is 9.97 Å². The van der Waals surface area contributed by atoms with Crippen LogP contribution < -0.4 is 0 Å². The molecule has 4 rings (SSSR count). The largest absolute Gasteiger partial charge is 0.417 e. The van der Waals surface area contributed by atoms with Gasteiger partial charge in [0.1, 0.15) is 23.6 Å². The van der Waals surface area contributed by atoms with Crippen molar-refractivity contribution in [3.05, 3.63) is 59.9 Å². The van der Waals surface area contributed by atoms with Crippen LogP contribution in [-0.2, 0) is 18.9 Å². The summed E-state index contributed by atoms with van der Waals surface area (Å²) in [5.74, 6) is 0.147. The van der Waals surface area contributed by atoms with Crippen molar-refractivity contribution in [3.63, 3.8) is 0 Å². The Morgan fingerprint density at radius 1 is 0.931 bits per heavy atom. The van der Waals surface area contributed by atoms with E-state index in [1.807, 2.05) is 0 Å². The summed E-state index contributed by atoms with van der Waals surface area (Å²) in [6.45, 7) is 0.0117. The van der Waals surface area contributed by atoms with Gasteiger partial charge in [-0.15, -0.1) is 0 Å². The van der Waals surface area contributed by atoms with Crippen molar-refractivity contribution in [2.75, 3.05) is 0 Å². The lowest BCUT2D eigenvalue weighted by Gasteiger charge is -2.14. The fraction of sp³-hybridized carbons (Fsp3) is 0.176. The molecule has 29 heavy (non-hydrogen) atoms. The highest BCUT2D eigenvalue weighted by atomic mass is 19.4. The quantitative estimate of drug-likeness (QED) is 0.469. The van der Waals surface area contributed by atoms with Gasteiger partial charge in [-0.05, 0) is 12.1 Å². The molecule has 2 aliphatic heterocycles. The summed E-state index contributed by atoms with van der Waals surface area (Å²) in [5.41, 5.74) is -2.62. The van der Waals surface area contributed by atoms with Crippen molar-refractivity contribution in [1.29, 1.82) is 0 Å². The van der Waals surface area contributed by atoms with E-state index in [0.717, 1.165) is 6.07 Å². The number of nitrogens with zero attached hydrogens (tertiary/aromatic N) is 5. The van der Waals surface area contributed by atoms with Crippen LogP contribution in [0.3, 0.4) is 0 Å². The predicted molar refractivity (Wildman–Crippen MR) is 84.3 cm³/mol. The maximum absolute atomic E-state index is 13.3. The third-order valence-corrected chi connectivity index (χ3v) is 4.01. The molecule has 0 saturated carbocycles. The number of benzene rings is 1. The van der Waals surface area contributed by atoms with Gasteiger partial charge in [-0.1, -0.05) is 11.2 Å². The molecule has 6 nitrogen and oxygen atoms in total. The van der Waals surface area contributed by atoms with Crippen LogP contribution in [0.15, 0.2) is 41.2 Å². The summed E-state index contributed by atoms with van der Waals surface area (Å²) in [4.78, 5) is 7.71. The van der Waals surface area contributed by atoms with Gasteiger partial charge in [0.15, 0.2) is 12.1 Å². The van der Waals surface area contributed by atoms with Crippen molar-refractivity contribution < 1.29 is 30.9 Å². The van der Waals surface area contributed by atoms with Crippen molar-refractivity contribution in [2.45, 2.75) is 18.9 Å². The zero-order valence-electron chi connectivity index (χ0n) is 14.1. The molecule has 149 valence electrons. The number of hydrogen-bond acceptors (Lipinski definition) is 5. The lowest BCUT2D eigenvalue weighted by molar-refractivity contribution is -0.142. The molecule has 0 aliphatic carbocycles. The van der Waals surface area contributed by atoms with E-state index in [0.29, 0.717) is 17.5 Å². The summed E-state index contributed by atoms with van der Waals surface area (Å²) in [5, 5.41) is 7.62. The first kappa shape index (κ1) is 18.9. The summed E-state index contributed by atoms with van der Waals surface area (Å²) < 4.78 is 84.8. The summed E-state index contributed by atoms with van der Waals surface area (Å²) in [7, 11) is 0. The molecule has 0 N–H and O–H groups in total. The third kappa shape index (κ3) is 3.77. The molecule has 0 fully saturated rings. The fourth-order valence-corrected chi connectivity index (χ4v) is 2.68. The molecular weight excluding hydrogens is 404 g/mol. The molecule has 12 heteroatoms. The van der Waals surface area contributed by atoms with E-state index in [1.165, 1.54) is 23.1 Å². The van der Waals surface area contributed by atoms with E-state index in [1.54, 1.807) is 0 Å². The highest BCUT2D eigenvalue weighted by Crippen LogP contribution is 2.40. The van der Waals surface area contributed by atoms with E-state index in [4.69, 9.17) is 4.52 Å². The Balaban J connectivity index is 1.68. The third-order valence-electron chi connectivity index (χ3n) is 4.01. The second-order valence-electron chi connectivity index (χ2n) is 6.00. The number of alkyl halides is 6. The number of imidazole rings is 1. The monoisotopic (exact) mass is 412 g/mol. The first-order valence-corrected chi connectivity index (χ1v) is 7.92. The first-order valence-electron chi connectivity index (χ1n) is 7.92. The van der Waals surface area contributed by atoms with E-state index >= 15 is 0 Å². The Labute approximate surface area is 158 Å². The number of halogens is 6. The molecule has 0 amide bonds. The Kier molecular flexibility index (Phi) is 4.28. The van der Waals surface area contributed by atoms with Gasteiger partial charge in [-0.3, -0.25) is 4.68 Å². The van der Waals surface area contributed by atoms with E-state index in [2.05, 4.69) is 26.6 Å². The Hall–Kier alpha value is -3.44. The van der Waals surface area contributed by atoms with Crippen molar-refractivity contribution >= 4 is 0 Å². The highest BCUT2D eigenvalue weighted by molar-refractivity contribution is 5.65. The number of aromatic nitrogens is 5. The molecule has 1 aromatic carbocycles. The summed E-state index contributed by atoms with van der Waals surface area (Å²) >= 11 is 0. The lowest BCUT2D eigenvalue weighted by Crippen LogP contribution is -2.12. The Morgan fingerprint density at radius 2 is 1.69 bits per heavy atom. The van der Waals surface area contributed by atoms with Crippen molar-refractivity contribution in [2.24, 2.45) is 0 Å². The molecule has 0 unspecified atom stereocenters. The molecule has 2 aromatic rings. The number of hydrogen-bond donors (Lipinski definition) is 0. The SMILES string of the molecule is FC(F)(F)c1ccc(-c2cc(Cn3cc4n[c]nc-4cn3)on2)c(C(F)(F)F)c1. The van der Waals surface area contributed by atoms with Gasteiger partial charge in [0.05, 0.1) is 23.5 Å². The summed E-state index contributed by atoms with van der Waals surface area (Å²) in [6, 6.07) is 2.55. The minimum absolute atomic E-state index is 0.0117. The average Bonchev–Trinajstić information content (AvgIpc) is 3.28. The fourth-order valence-electron chi connectivity index (χ4n) is 2.68. The van der Waals surface area contributed by atoms with E-state index in [9.17, 15) is 26.3 Å². The second kappa shape index (κ2) is 6.57. The average molecular weight is 412 g/mol. The van der Waals surface area contributed by atoms with Crippen LogP contribution in [0.2, 0.25) is 0 Å². The molecule has 0 atom stereocenters. The first-order chi connectivity index (χ1) is 13.6. The molecule has 3 heterocycles. The standard InChI is InChI=1S/C17H8F6N5O/c18-16(19,20)9-1-2-11(12(3-9)17(21,22)23)13-4-10(29-27-13)6-28-7-15-14(5-26-28)24-8-25-15/h1-5,7H,6H2. The lowest BCUT2D eigenvalue weighted by atomic mass is 10.0. The van der Waals surface area contributed by atoms with Crippen LogP contribution in [0.1, 0.15) is 16.9 Å². The van der Waals surface area contributed by atoms with Crippen molar-refractivity contribution in [3.8, 4) is 22.6 Å². The topological polar surface area (TPSA) is 69.6 Å². The zero-order chi connectivity index (χ0) is 20.8. The Bertz CT molecular complexity index is 1130. The van der Waals surface area contributed by atoms with Gasteiger partial charge in [0.25, 0.3) is 0 Å². The smallest absolute Gasteiger partial charge is 0.359 e. The minimum Gasteiger partial charge on any atom is -0.359 e. The maximum atomic E-state index is 13.3. The van der Waals surface area contributed by atoms with Crippen LogP contribution >= 0.6 is 0 Å². The van der Waals surface area contributed by atoms with Crippen LogP contribution in [0, 0.1) is 6.33 Å². The maximum Gasteiger partial charge on any atom is 0.417 e. The molecule has 0 saturated heterocycles. The van der Waals surface area contributed by atoms with Crippen LogP contribution in [-0.4, -0.2) is 24.9 Å². The van der Waals surface area contributed by atoms with Crippen molar-refractivity contribution in [1.82, 2.24) is 24.9 Å². The minimum atomic E-state index is -5.01. The Morgan fingerprint density at radius 3 is 2.41 bits per heavy atom. The highest BCUT2D eigenvalue weighted by Gasteiger charge is 2.38. The van der Waals surface area contributed by atoms with Gasteiger partial charge in [0.2, 0.25) is 0 Å². The molecule has 2 aliphatic rings. The van der Waals surface area contributed by atoms with E-state index < -0.39 is 29.0 Å². The van der Waals surface area contributed by atoms with Gasteiger partial charge in [0, 0.05) is 11.6 Å². The van der Waals surface area contributed by atoms with Gasteiger partial charge >= 0.3 is 12.4 Å². The van der Waals surface area contributed by atoms with E-state index in [-0.39, 0.29) is 24.1 Å². The number of fused-ring (bicyclic) bond motifs is 1. The van der Waals surface area contributed by atoms with Gasteiger partial charge in [-0.2, -0.15) is 31.4 Å². The normalized spacial score (nSPS) is 12.6. The molecule has 0 bridgehead atoms. The molecule has 1 radical (unpaired) electrons. The molecule has 1 aromatic heterocycles.